The molecule has 0 unspecified atom stereocenters. The van der Waals surface area contributed by atoms with E-state index in [4.69, 9.17) is 22.1 Å². The molecule has 0 saturated heterocycles. The van der Waals surface area contributed by atoms with Gasteiger partial charge in [-0.3, -0.25) is 0 Å². The Hall–Kier alpha value is -0.940. The van der Waals surface area contributed by atoms with E-state index in [-0.39, 0.29) is 12.4 Å². The summed E-state index contributed by atoms with van der Waals surface area (Å²) in [6, 6.07) is 4.83. The fraction of sp³-hybridized carbons (Fsp3) is 0.455. The average molecular weight is 278 g/mol. The number of hydrogen-bond acceptors (Lipinski definition) is 4. The fourth-order valence-electron chi connectivity index (χ4n) is 1.15. The van der Waals surface area contributed by atoms with Crippen molar-refractivity contribution in [1.29, 1.82) is 0 Å². The molecule has 17 heavy (non-hydrogen) atoms. The average Bonchev–Trinajstić information content (AvgIpc) is 2.21. The summed E-state index contributed by atoms with van der Waals surface area (Å²) >= 11 is 5.73. The van der Waals surface area contributed by atoms with Gasteiger partial charge >= 0.3 is 0 Å². The maximum Gasteiger partial charge on any atom is 0.155 e. The molecule has 1 rings (SSSR count). The molecule has 0 aromatic heterocycles. The van der Waals surface area contributed by atoms with Gasteiger partial charge in [-0.2, -0.15) is 0 Å². The summed E-state index contributed by atoms with van der Waals surface area (Å²) in [4.78, 5) is 0. The van der Waals surface area contributed by atoms with Gasteiger partial charge < -0.3 is 10.5 Å². The zero-order valence-electron chi connectivity index (χ0n) is 9.81. The van der Waals surface area contributed by atoms with Crippen LogP contribution in [0.1, 0.15) is 13.8 Å². The SMILES string of the molecule is CC(C)S(=O)(=O)CCOc1ccc(Cl)cc1N. The summed E-state index contributed by atoms with van der Waals surface area (Å²) < 4.78 is 28.4. The molecule has 1 aromatic carbocycles. The molecule has 0 aliphatic heterocycles. The standard InChI is InChI=1S/C11H16ClNO3S/c1-8(2)17(14,15)6-5-16-11-4-3-9(12)7-10(11)13/h3-4,7-8H,5-6,13H2,1-2H3. The highest BCUT2D eigenvalue weighted by Crippen LogP contribution is 2.24. The number of ether oxygens (including phenoxy) is 1. The van der Waals surface area contributed by atoms with Gasteiger partial charge in [0.15, 0.2) is 9.84 Å². The molecule has 0 spiro atoms. The van der Waals surface area contributed by atoms with Crippen molar-refractivity contribution in [3.05, 3.63) is 23.2 Å². The Morgan fingerprint density at radius 1 is 1.41 bits per heavy atom. The predicted octanol–water partition coefficient (Wildman–Crippen LogP) is 2.12. The molecule has 0 aliphatic carbocycles. The van der Waals surface area contributed by atoms with Crippen molar-refractivity contribution in [1.82, 2.24) is 0 Å². The molecule has 0 radical (unpaired) electrons. The Morgan fingerprint density at radius 2 is 2.06 bits per heavy atom. The largest absolute Gasteiger partial charge is 0.490 e. The number of rotatable bonds is 5. The second-order valence-electron chi connectivity index (χ2n) is 3.95. The number of anilines is 1. The van der Waals surface area contributed by atoms with Crippen LogP contribution in [-0.4, -0.2) is 26.0 Å². The summed E-state index contributed by atoms with van der Waals surface area (Å²) in [7, 11) is -3.08. The molecule has 0 bridgehead atoms. The van der Waals surface area contributed by atoms with E-state index in [0.717, 1.165) is 0 Å². The molecule has 2 N–H and O–H groups in total. The van der Waals surface area contributed by atoms with E-state index in [0.29, 0.717) is 16.5 Å². The maximum absolute atomic E-state index is 11.5. The van der Waals surface area contributed by atoms with E-state index in [1.165, 1.54) is 0 Å². The molecule has 1 aromatic rings. The number of nitrogen functional groups attached to an aromatic ring is 1. The molecule has 96 valence electrons. The second kappa shape index (κ2) is 5.60. The van der Waals surface area contributed by atoms with Crippen molar-refractivity contribution in [3.63, 3.8) is 0 Å². The van der Waals surface area contributed by atoms with E-state index in [2.05, 4.69) is 0 Å². The Bertz CT molecular complexity index is 485. The molecular formula is C11H16ClNO3S. The van der Waals surface area contributed by atoms with Gasteiger partial charge in [-0.25, -0.2) is 8.42 Å². The zero-order valence-corrected chi connectivity index (χ0v) is 11.4. The highest BCUT2D eigenvalue weighted by Gasteiger charge is 2.16. The molecule has 0 heterocycles. The third kappa shape index (κ3) is 4.09. The van der Waals surface area contributed by atoms with Crippen molar-refractivity contribution in [2.24, 2.45) is 0 Å². The lowest BCUT2D eigenvalue weighted by atomic mass is 10.3. The van der Waals surface area contributed by atoms with Crippen LogP contribution in [0.4, 0.5) is 5.69 Å². The van der Waals surface area contributed by atoms with Crippen LogP contribution in [0.3, 0.4) is 0 Å². The first-order valence-electron chi connectivity index (χ1n) is 5.22. The molecular weight excluding hydrogens is 262 g/mol. The lowest BCUT2D eigenvalue weighted by Crippen LogP contribution is -2.22. The number of nitrogens with two attached hydrogens (primary N) is 1. The van der Waals surface area contributed by atoms with Crippen LogP contribution < -0.4 is 10.5 Å². The Labute approximate surface area is 107 Å². The summed E-state index contributed by atoms with van der Waals surface area (Å²) in [5, 5.41) is 0.123. The third-order valence-electron chi connectivity index (χ3n) is 2.32. The summed E-state index contributed by atoms with van der Waals surface area (Å²) in [6.07, 6.45) is 0. The monoisotopic (exact) mass is 277 g/mol. The summed E-state index contributed by atoms with van der Waals surface area (Å²) in [5.74, 6) is 0.431. The van der Waals surface area contributed by atoms with Gasteiger partial charge in [0.25, 0.3) is 0 Å². The molecule has 0 amide bonds. The number of halogens is 1. The van der Waals surface area contributed by atoms with Crippen LogP contribution in [0.25, 0.3) is 0 Å². The first kappa shape index (κ1) is 14.1. The number of sulfone groups is 1. The number of hydrogen-bond donors (Lipinski definition) is 1. The van der Waals surface area contributed by atoms with Gasteiger partial charge in [-0.15, -0.1) is 0 Å². The zero-order chi connectivity index (χ0) is 13.1. The Balaban J connectivity index is 2.58. The van der Waals surface area contributed by atoms with Gasteiger partial charge in [-0.1, -0.05) is 11.6 Å². The molecule has 0 fully saturated rings. The van der Waals surface area contributed by atoms with Gasteiger partial charge in [0.1, 0.15) is 12.4 Å². The van der Waals surface area contributed by atoms with Crippen LogP contribution in [0.5, 0.6) is 5.75 Å². The maximum atomic E-state index is 11.5. The minimum atomic E-state index is -3.08. The van der Waals surface area contributed by atoms with E-state index in [1.54, 1.807) is 32.0 Å². The highest BCUT2D eigenvalue weighted by atomic mass is 35.5. The van der Waals surface area contributed by atoms with Crippen LogP contribution in [0, 0.1) is 0 Å². The quantitative estimate of drug-likeness (QED) is 0.837. The van der Waals surface area contributed by atoms with E-state index in [9.17, 15) is 8.42 Å². The molecule has 0 atom stereocenters. The normalized spacial score (nSPS) is 11.8. The van der Waals surface area contributed by atoms with E-state index >= 15 is 0 Å². The smallest absolute Gasteiger partial charge is 0.155 e. The van der Waals surface area contributed by atoms with Crippen LogP contribution >= 0.6 is 11.6 Å². The minimum absolute atomic E-state index is 0.0211. The summed E-state index contributed by atoms with van der Waals surface area (Å²) in [6.45, 7) is 3.38. The molecule has 0 saturated carbocycles. The van der Waals surface area contributed by atoms with Crippen LogP contribution in [-0.2, 0) is 9.84 Å². The first-order valence-corrected chi connectivity index (χ1v) is 7.31. The molecule has 6 heteroatoms. The Morgan fingerprint density at radius 3 is 2.59 bits per heavy atom. The van der Waals surface area contributed by atoms with Crippen LogP contribution in [0.2, 0.25) is 5.02 Å². The van der Waals surface area contributed by atoms with E-state index < -0.39 is 15.1 Å². The molecule has 4 nitrogen and oxygen atoms in total. The van der Waals surface area contributed by atoms with Gasteiger partial charge in [0, 0.05) is 5.02 Å². The van der Waals surface area contributed by atoms with Gasteiger partial charge in [-0.05, 0) is 32.0 Å². The predicted molar refractivity (Wildman–Crippen MR) is 70.3 cm³/mol. The van der Waals surface area contributed by atoms with Gasteiger partial charge in [0.2, 0.25) is 0 Å². The van der Waals surface area contributed by atoms with Gasteiger partial charge in [0.05, 0.1) is 16.7 Å². The highest BCUT2D eigenvalue weighted by molar-refractivity contribution is 7.91. The Kier molecular flexibility index (Phi) is 4.65. The van der Waals surface area contributed by atoms with Crippen molar-refractivity contribution in [3.8, 4) is 5.75 Å². The lowest BCUT2D eigenvalue weighted by molar-refractivity contribution is 0.342. The van der Waals surface area contributed by atoms with Crippen molar-refractivity contribution in [2.75, 3.05) is 18.1 Å². The number of benzene rings is 1. The fourth-order valence-corrected chi connectivity index (χ4v) is 2.12. The van der Waals surface area contributed by atoms with Crippen LogP contribution in [0.15, 0.2) is 18.2 Å². The first-order chi connectivity index (χ1) is 7.83. The van der Waals surface area contributed by atoms with Crippen molar-refractivity contribution >= 4 is 27.1 Å². The molecule has 0 aliphatic rings. The third-order valence-corrected chi connectivity index (χ3v) is 4.72. The van der Waals surface area contributed by atoms with Crippen molar-refractivity contribution in [2.45, 2.75) is 19.1 Å². The topological polar surface area (TPSA) is 69.4 Å². The minimum Gasteiger partial charge on any atom is -0.490 e. The van der Waals surface area contributed by atoms with E-state index in [1.807, 2.05) is 0 Å². The second-order valence-corrected chi connectivity index (χ2v) is 7.06. The summed E-state index contributed by atoms with van der Waals surface area (Å²) in [5.41, 5.74) is 6.07. The lowest BCUT2D eigenvalue weighted by Gasteiger charge is -2.11. The van der Waals surface area contributed by atoms with Crippen molar-refractivity contribution < 1.29 is 13.2 Å².